The van der Waals surface area contributed by atoms with Gasteiger partial charge < -0.3 is 4.74 Å². The van der Waals surface area contributed by atoms with Gasteiger partial charge >= 0.3 is 0 Å². The van der Waals surface area contributed by atoms with Gasteiger partial charge in [-0.05, 0) is 25.7 Å². The van der Waals surface area contributed by atoms with E-state index in [2.05, 4.69) is 0 Å². The van der Waals surface area contributed by atoms with Crippen molar-refractivity contribution in [3.8, 4) is 0 Å². The highest BCUT2D eigenvalue weighted by Crippen LogP contribution is 2.61. The SMILES string of the molecule is O=C1CCCC12OC21CCCCCC1. The average molecular weight is 194 g/mol. The van der Waals surface area contributed by atoms with E-state index in [4.69, 9.17) is 4.74 Å². The van der Waals surface area contributed by atoms with Crippen LogP contribution in [0.2, 0.25) is 0 Å². The molecule has 0 aromatic heterocycles. The fraction of sp³-hybridized carbons (Fsp3) is 0.917. The number of hydrogen-bond acceptors (Lipinski definition) is 2. The molecule has 0 aromatic carbocycles. The van der Waals surface area contributed by atoms with Gasteiger partial charge in [0, 0.05) is 6.42 Å². The molecular formula is C12H18O2. The zero-order valence-corrected chi connectivity index (χ0v) is 8.68. The molecule has 0 amide bonds. The first-order valence-corrected chi connectivity index (χ1v) is 6.03. The van der Waals surface area contributed by atoms with Crippen LogP contribution in [0.1, 0.15) is 57.8 Å². The maximum Gasteiger partial charge on any atom is 0.167 e. The molecule has 1 saturated heterocycles. The fourth-order valence-electron chi connectivity index (χ4n) is 3.54. The highest BCUT2D eigenvalue weighted by molar-refractivity contribution is 5.93. The number of carbonyl (C=O) groups excluding carboxylic acids is 1. The number of ether oxygens (including phenoxy) is 1. The van der Waals surface area contributed by atoms with Crippen LogP contribution in [-0.2, 0) is 9.53 Å². The third-order valence-electron chi connectivity index (χ3n) is 4.36. The van der Waals surface area contributed by atoms with Gasteiger partial charge in [-0.3, -0.25) is 4.79 Å². The molecule has 2 saturated carbocycles. The van der Waals surface area contributed by atoms with E-state index in [1.807, 2.05) is 0 Å². The summed E-state index contributed by atoms with van der Waals surface area (Å²) in [7, 11) is 0. The maximum atomic E-state index is 11.8. The first-order valence-electron chi connectivity index (χ1n) is 6.03. The summed E-state index contributed by atoms with van der Waals surface area (Å²) in [4.78, 5) is 11.8. The zero-order chi connectivity index (χ0) is 9.65. The monoisotopic (exact) mass is 194 g/mol. The van der Waals surface area contributed by atoms with Crippen molar-refractivity contribution < 1.29 is 9.53 Å². The van der Waals surface area contributed by atoms with Gasteiger partial charge in [-0.1, -0.05) is 25.7 Å². The molecule has 0 bridgehead atoms. The van der Waals surface area contributed by atoms with E-state index in [-0.39, 0.29) is 11.2 Å². The lowest BCUT2D eigenvalue weighted by atomic mass is 9.84. The van der Waals surface area contributed by atoms with Crippen LogP contribution in [0.5, 0.6) is 0 Å². The summed E-state index contributed by atoms with van der Waals surface area (Å²) >= 11 is 0. The van der Waals surface area contributed by atoms with E-state index < -0.39 is 0 Å². The molecule has 14 heavy (non-hydrogen) atoms. The zero-order valence-electron chi connectivity index (χ0n) is 8.68. The van der Waals surface area contributed by atoms with E-state index in [1.54, 1.807) is 0 Å². The Hall–Kier alpha value is -0.370. The predicted molar refractivity (Wildman–Crippen MR) is 53.1 cm³/mol. The van der Waals surface area contributed by atoms with Gasteiger partial charge in [-0.25, -0.2) is 0 Å². The van der Waals surface area contributed by atoms with E-state index in [0.29, 0.717) is 5.78 Å². The largest absolute Gasteiger partial charge is 0.354 e. The van der Waals surface area contributed by atoms with Crippen LogP contribution < -0.4 is 0 Å². The molecule has 1 atom stereocenters. The Morgan fingerprint density at radius 1 is 0.929 bits per heavy atom. The Morgan fingerprint density at radius 3 is 2.21 bits per heavy atom. The molecule has 3 rings (SSSR count). The van der Waals surface area contributed by atoms with Gasteiger partial charge in [0.25, 0.3) is 0 Å². The molecule has 1 aliphatic heterocycles. The molecule has 2 heteroatoms. The van der Waals surface area contributed by atoms with Crippen molar-refractivity contribution >= 4 is 5.78 Å². The second-order valence-electron chi connectivity index (χ2n) is 5.11. The highest BCUT2D eigenvalue weighted by atomic mass is 16.6. The number of carbonyl (C=O) groups is 1. The summed E-state index contributed by atoms with van der Waals surface area (Å²) in [6.07, 6.45) is 10.3. The summed E-state index contributed by atoms with van der Waals surface area (Å²) in [6, 6.07) is 0. The lowest BCUT2D eigenvalue weighted by Crippen LogP contribution is -2.29. The highest BCUT2D eigenvalue weighted by Gasteiger charge is 2.73. The second kappa shape index (κ2) is 2.82. The summed E-state index contributed by atoms with van der Waals surface area (Å²) in [5.41, 5.74) is -0.269. The first-order chi connectivity index (χ1) is 6.79. The van der Waals surface area contributed by atoms with E-state index in [1.165, 1.54) is 25.7 Å². The van der Waals surface area contributed by atoms with Crippen molar-refractivity contribution in [1.82, 2.24) is 0 Å². The van der Waals surface area contributed by atoms with Crippen LogP contribution in [0.25, 0.3) is 0 Å². The molecule has 2 spiro atoms. The summed E-state index contributed by atoms with van der Waals surface area (Å²) in [6.45, 7) is 0. The van der Waals surface area contributed by atoms with Crippen LogP contribution in [-0.4, -0.2) is 17.0 Å². The van der Waals surface area contributed by atoms with Crippen molar-refractivity contribution in [2.24, 2.45) is 0 Å². The topological polar surface area (TPSA) is 29.6 Å². The lowest BCUT2D eigenvalue weighted by molar-refractivity contribution is -0.121. The van der Waals surface area contributed by atoms with Crippen molar-refractivity contribution in [1.29, 1.82) is 0 Å². The van der Waals surface area contributed by atoms with Gasteiger partial charge in [0.1, 0.15) is 5.60 Å². The van der Waals surface area contributed by atoms with E-state index in [9.17, 15) is 4.79 Å². The molecule has 0 aromatic rings. The number of hydrogen-bond donors (Lipinski definition) is 0. The molecule has 0 N–H and O–H groups in total. The molecule has 2 nitrogen and oxygen atoms in total. The van der Waals surface area contributed by atoms with Crippen LogP contribution in [0.15, 0.2) is 0 Å². The number of fused-ring (bicyclic) bond motifs is 1. The van der Waals surface area contributed by atoms with Crippen LogP contribution in [0.3, 0.4) is 0 Å². The Labute approximate surface area is 85.0 Å². The second-order valence-corrected chi connectivity index (χ2v) is 5.11. The fourth-order valence-corrected chi connectivity index (χ4v) is 3.54. The Kier molecular flexibility index (Phi) is 1.79. The molecule has 78 valence electrons. The minimum atomic E-state index is -0.280. The van der Waals surface area contributed by atoms with Crippen molar-refractivity contribution in [3.63, 3.8) is 0 Å². The minimum Gasteiger partial charge on any atom is -0.354 e. The Balaban J connectivity index is 1.83. The van der Waals surface area contributed by atoms with E-state index >= 15 is 0 Å². The summed E-state index contributed by atoms with van der Waals surface area (Å²) in [5, 5.41) is 0. The Morgan fingerprint density at radius 2 is 1.64 bits per heavy atom. The molecule has 3 aliphatic rings. The number of ketones is 1. The molecule has 1 heterocycles. The smallest absolute Gasteiger partial charge is 0.167 e. The van der Waals surface area contributed by atoms with Crippen molar-refractivity contribution in [2.45, 2.75) is 69.0 Å². The van der Waals surface area contributed by atoms with Crippen LogP contribution in [0.4, 0.5) is 0 Å². The normalized spacial score (nSPS) is 40.4. The van der Waals surface area contributed by atoms with Gasteiger partial charge in [-0.2, -0.15) is 0 Å². The maximum absolute atomic E-state index is 11.8. The lowest BCUT2D eigenvalue weighted by Gasteiger charge is -2.12. The minimum absolute atomic E-state index is 0.0110. The summed E-state index contributed by atoms with van der Waals surface area (Å²) in [5.74, 6) is 0.402. The van der Waals surface area contributed by atoms with Gasteiger partial charge in [0.2, 0.25) is 0 Å². The predicted octanol–water partition coefficient (Wildman–Crippen LogP) is 2.60. The summed E-state index contributed by atoms with van der Waals surface area (Å²) < 4.78 is 5.94. The van der Waals surface area contributed by atoms with Gasteiger partial charge in [-0.15, -0.1) is 0 Å². The van der Waals surface area contributed by atoms with E-state index in [0.717, 1.165) is 32.1 Å². The first kappa shape index (κ1) is 8.90. The average Bonchev–Trinajstić information content (AvgIpc) is 2.76. The Bertz CT molecular complexity index is 263. The van der Waals surface area contributed by atoms with Crippen LogP contribution >= 0.6 is 0 Å². The van der Waals surface area contributed by atoms with Crippen LogP contribution in [0, 0.1) is 0 Å². The molecule has 1 unspecified atom stereocenters. The third kappa shape index (κ3) is 0.979. The molecular weight excluding hydrogens is 176 g/mol. The number of epoxide rings is 1. The molecule has 0 radical (unpaired) electrons. The molecule has 3 fully saturated rings. The number of Topliss-reactive ketones (excluding diaryl/α,β-unsaturated/α-hetero) is 1. The van der Waals surface area contributed by atoms with Gasteiger partial charge in [0.15, 0.2) is 11.4 Å². The van der Waals surface area contributed by atoms with Crippen molar-refractivity contribution in [2.75, 3.05) is 0 Å². The molecule has 2 aliphatic carbocycles. The third-order valence-corrected chi connectivity index (χ3v) is 4.36. The van der Waals surface area contributed by atoms with Crippen molar-refractivity contribution in [3.05, 3.63) is 0 Å². The van der Waals surface area contributed by atoms with Gasteiger partial charge in [0.05, 0.1) is 0 Å². The number of rotatable bonds is 0. The quantitative estimate of drug-likeness (QED) is 0.555. The standard InChI is InChI=1S/C12H18O2/c13-10-6-5-9-12(10)11(14-12)7-3-1-2-4-8-11/h1-9H2.